The largest absolute Gasteiger partial charge is 0.478 e. The first-order chi connectivity index (χ1) is 20.9. The molecule has 1 atom stereocenters. The molecule has 0 aliphatic carbocycles. The summed E-state index contributed by atoms with van der Waals surface area (Å²) in [6.45, 7) is 8.65. The normalized spacial score (nSPS) is 20.5. The van der Waals surface area contributed by atoms with Crippen molar-refractivity contribution in [3.8, 4) is 11.6 Å². The summed E-state index contributed by atoms with van der Waals surface area (Å²) in [6.07, 6.45) is 3.70. The number of ether oxygens (including phenoxy) is 2. The van der Waals surface area contributed by atoms with Crippen LogP contribution < -0.4 is 4.74 Å². The highest BCUT2D eigenvalue weighted by Gasteiger charge is 2.45. The fourth-order valence-electron chi connectivity index (χ4n) is 6.68. The van der Waals surface area contributed by atoms with E-state index >= 15 is 0 Å². The smallest absolute Gasteiger partial charge is 0.335 e. The number of pyridine rings is 1. The molecule has 1 aromatic heterocycles. The van der Waals surface area contributed by atoms with E-state index in [1.807, 2.05) is 26.0 Å². The van der Waals surface area contributed by atoms with E-state index in [0.717, 1.165) is 81.9 Å². The summed E-state index contributed by atoms with van der Waals surface area (Å²) >= 11 is 0. The monoisotopic (exact) mass is 584 g/mol. The van der Waals surface area contributed by atoms with Crippen LogP contribution in [0.15, 0.2) is 60.7 Å². The van der Waals surface area contributed by atoms with E-state index in [4.69, 9.17) is 9.47 Å². The number of aromatic carboxylic acids is 1. The Morgan fingerprint density at radius 1 is 0.977 bits per heavy atom. The maximum atomic E-state index is 13.9. The van der Waals surface area contributed by atoms with Crippen molar-refractivity contribution in [1.29, 1.82) is 0 Å². The minimum Gasteiger partial charge on any atom is -0.478 e. The molecule has 1 N–H and O–H groups in total. The lowest BCUT2D eigenvalue weighted by molar-refractivity contribution is 0.0493. The van der Waals surface area contributed by atoms with E-state index < -0.39 is 5.97 Å². The van der Waals surface area contributed by atoms with E-state index in [1.165, 1.54) is 11.6 Å². The molecule has 1 unspecified atom stereocenters. The fraction of sp³-hybridized carbons (Fsp3) is 0.441. The summed E-state index contributed by atoms with van der Waals surface area (Å²) in [4.78, 5) is 36.6. The second-order valence-corrected chi connectivity index (χ2v) is 11.9. The second-order valence-electron chi connectivity index (χ2n) is 11.9. The first kappa shape index (κ1) is 29.1. The highest BCUT2D eigenvalue weighted by atomic mass is 16.5. The van der Waals surface area contributed by atoms with Crippen molar-refractivity contribution in [1.82, 2.24) is 19.7 Å². The van der Waals surface area contributed by atoms with Gasteiger partial charge in [-0.1, -0.05) is 36.4 Å². The standard InChI is InChI=1S/C34H40N4O5/c1-23-20-26(33(39)40)8-10-31(23)43-32-11-9-27(24(2)35-32)21-36-16-12-29(13-17-36)38-30(25-6-4-3-5-7-25)22-37(34(38)41)28-14-18-42-19-15-28/h3-11,20,28-30H,12-19,21-22H2,1-2H3,(H,39,40). The van der Waals surface area contributed by atoms with Crippen LogP contribution in [0.5, 0.6) is 11.6 Å². The van der Waals surface area contributed by atoms with Crippen molar-refractivity contribution >= 4 is 12.0 Å². The van der Waals surface area contributed by atoms with Gasteiger partial charge in [0.1, 0.15) is 5.75 Å². The molecule has 2 amide bonds. The third kappa shape index (κ3) is 6.38. The van der Waals surface area contributed by atoms with Crippen LogP contribution in [0.4, 0.5) is 4.79 Å². The number of likely N-dealkylation sites (tertiary alicyclic amines) is 1. The summed E-state index contributed by atoms with van der Waals surface area (Å²) in [7, 11) is 0. The van der Waals surface area contributed by atoms with E-state index in [9.17, 15) is 14.7 Å². The summed E-state index contributed by atoms with van der Waals surface area (Å²) in [5.74, 6) is 0.115. The predicted molar refractivity (Wildman–Crippen MR) is 162 cm³/mol. The Kier molecular flexibility index (Phi) is 8.63. The Labute approximate surface area is 253 Å². The predicted octanol–water partition coefficient (Wildman–Crippen LogP) is 5.81. The molecule has 43 heavy (non-hydrogen) atoms. The number of carboxylic acids is 1. The molecule has 9 nitrogen and oxygen atoms in total. The van der Waals surface area contributed by atoms with Gasteiger partial charge < -0.3 is 24.4 Å². The molecule has 3 saturated heterocycles. The van der Waals surface area contributed by atoms with Crippen LogP contribution in [0.3, 0.4) is 0 Å². The summed E-state index contributed by atoms with van der Waals surface area (Å²) in [5.41, 5.74) is 4.24. The van der Waals surface area contributed by atoms with Crippen LogP contribution in [-0.2, 0) is 11.3 Å². The number of aryl methyl sites for hydroxylation is 2. The molecule has 6 rings (SSSR count). The molecule has 3 aliphatic heterocycles. The number of benzene rings is 2. The van der Waals surface area contributed by atoms with E-state index in [2.05, 4.69) is 50.0 Å². The molecule has 2 aromatic carbocycles. The molecular formula is C34H40N4O5. The Bertz CT molecular complexity index is 1450. The van der Waals surface area contributed by atoms with Crippen LogP contribution in [0.1, 0.15) is 64.5 Å². The number of amides is 2. The molecule has 0 bridgehead atoms. The minimum absolute atomic E-state index is 0.0797. The molecule has 3 aromatic rings. The lowest BCUT2D eigenvalue weighted by atomic mass is 9.98. The van der Waals surface area contributed by atoms with Gasteiger partial charge in [-0.25, -0.2) is 14.6 Å². The van der Waals surface area contributed by atoms with Gasteiger partial charge in [0, 0.05) is 63.2 Å². The first-order valence-electron chi connectivity index (χ1n) is 15.3. The van der Waals surface area contributed by atoms with Crippen LogP contribution in [-0.4, -0.2) is 81.7 Å². The van der Waals surface area contributed by atoms with Gasteiger partial charge in [-0.3, -0.25) is 4.90 Å². The van der Waals surface area contributed by atoms with Crippen LogP contribution in [0.25, 0.3) is 0 Å². The summed E-state index contributed by atoms with van der Waals surface area (Å²) < 4.78 is 11.6. The van der Waals surface area contributed by atoms with E-state index in [0.29, 0.717) is 11.6 Å². The molecular weight excluding hydrogens is 544 g/mol. The molecule has 0 saturated carbocycles. The number of urea groups is 1. The van der Waals surface area contributed by atoms with Crippen LogP contribution in [0, 0.1) is 13.8 Å². The minimum atomic E-state index is -0.961. The molecule has 3 fully saturated rings. The lowest BCUT2D eigenvalue weighted by Crippen LogP contribution is -2.48. The molecule has 0 spiro atoms. The average molecular weight is 585 g/mol. The summed E-state index contributed by atoms with van der Waals surface area (Å²) in [5, 5.41) is 9.21. The third-order valence-corrected chi connectivity index (χ3v) is 9.14. The van der Waals surface area contributed by atoms with Crippen molar-refractivity contribution < 1.29 is 24.2 Å². The maximum absolute atomic E-state index is 13.9. The zero-order chi connectivity index (χ0) is 29.9. The maximum Gasteiger partial charge on any atom is 0.335 e. The Hall–Kier alpha value is -3.95. The van der Waals surface area contributed by atoms with Gasteiger partial charge in [0.15, 0.2) is 0 Å². The lowest BCUT2D eigenvalue weighted by Gasteiger charge is -2.39. The number of aromatic nitrogens is 1. The summed E-state index contributed by atoms with van der Waals surface area (Å²) in [6, 6.07) is 20.0. The topological polar surface area (TPSA) is 95.4 Å². The van der Waals surface area contributed by atoms with Crippen molar-refractivity contribution in [2.75, 3.05) is 32.8 Å². The first-order valence-corrected chi connectivity index (χ1v) is 15.3. The van der Waals surface area contributed by atoms with E-state index in [-0.39, 0.29) is 29.7 Å². The number of nitrogens with zero attached hydrogens (tertiary/aromatic N) is 4. The Morgan fingerprint density at radius 2 is 1.72 bits per heavy atom. The number of carbonyl (C=O) groups excluding carboxylic acids is 1. The number of carboxylic acid groups (broad SMARTS) is 1. The molecule has 3 aliphatic rings. The highest BCUT2D eigenvalue weighted by Crippen LogP contribution is 2.37. The second kappa shape index (κ2) is 12.7. The van der Waals surface area contributed by atoms with Gasteiger partial charge in [-0.05, 0) is 74.4 Å². The Morgan fingerprint density at radius 3 is 2.40 bits per heavy atom. The number of rotatable bonds is 8. The van der Waals surface area contributed by atoms with Gasteiger partial charge in [0.2, 0.25) is 5.88 Å². The quantitative estimate of drug-likeness (QED) is 0.357. The number of carbonyl (C=O) groups is 2. The van der Waals surface area contributed by atoms with Crippen LogP contribution in [0.2, 0.25) is 0 Å². The van der Waals surface area contributed by atoms with Crippen LogP contribution >= 0.6 is 0 Å². The van der Waals surface area contributed by atoms with Crippen molar-refractivity contribution in [2.24, 2.45) is 0 Å². The van der Waals surface area contributed by atoms with Gasteiger partial charge in [-0.15, -0.1) is 0 Å². The SMILES string of the molecule is Cc1cc(C(=O)O)ccc1Oc1ccc(CN2CCC(N3C(=O)N(C4CCOCC4)CC3c3ccccc3)CC2)c(C)n1. The molecule has 9 heteroatoms. The van der Waals surface area contributed by atoms with Gasteiger partial charge >= 0.3 is 12.0 Å². The molecule has 226 valence electrons. The van der Waals surface area contributed by atoms with Gasteiger partial charge in [0.25, 0.3) is 0 Å². The number of piperidine rings is 1. The fourth-order valence-corrected chi connectivity index (χ4v) is 6.68. The van der Waals surface area contributed by atoms with Gasteiger partial charge in [-0.2, -0.15) is 0 Å². The third-order valence-electron chi connectivity index (χ3n) is 9.14. The zero-order valence-electron chi connectivity index (χ0n) is 24.9. The Balaban J connectivity index is 1.09. The average Bonchev–Trinajstić information content (AvgIpc) is 3.37. The van der Waals surface area contributed by atoms with Crippen molar-refractivity contribution in [3.63, 3.8) is 0 Å². The molecule has 4 heterocycles. The van der Waals surface area contributed by atoms with Crippen molar-refractivity contribution in [3.05, 3.63) is 88.6 Å². The van der Waals surface area contributed by atoms with Crippen molar-refractivity contribution in [2.45, 2.75) is 64.2 Å². The molecule has 0 radical (unpaired) electrons. The zero-order valence-corrected chi connectivity index (χ0v) is 24.9. The van der Waals surface area contributed by atoms with Gasteiger partial charge in [0.05, 0.1) is 11.6 Å². The number of hydrogen-bond acceptors (Lipinski definition) is 6. The highest BCUT2D eigenvalue weighted by molar-refractivity contribution is 5.88. The number of hydrogen-bond donors (Lipinski definition) is 1. The van der Waals surface area contributed by atoms with E-state index in [1.54, 1.807) is 12.1 Å².